The van der Waals surface area contributed by atoms with E-state index in [0.717, 1.165) is 44.8 Å². The van der Waals surface area contributed by atoms with E-state index in [2.05, 4.69) is 20.8 Å². The summed E-state index contributed by atoms with van der Waals surface area (Å²) < 4.78 is 0. The van der Waals surface area contributed by atoms with Crippen LogP contribution in [-0.4, -0.2) is 28.6 Å². The molecule has 0 amide bonds. The zero-order chi connectivity index (χ0) is 20.5. The molecule has 0 spiro atoms. The van der Waals surface area contributed by atoms with Crippen molar-refractivity contribution >= 4 is 12.3 Å². The summed E-state index contributed by atoms with van der Waals surface area (Å²) in [6.07, 6.45) is 11.1. The first-order valence-corrected chi connectivity index (χ1v) is 11.6. The second kappa shape index (κ2) is 8.45. The van der Waals surface area contributed by atoms with Gasteiger partial charge in [-0.05, 0) is 91.8 Å². The fraction of sp³-hybridized carbons (Fsp3) is 0.917. The number of aldehydes is 1. The van der Waals surface area contributed by atoms with Gasteiger partial charge in [0.25, 0.3) is 0 Å². The summed E-state index contributed by atoms with van der Waals surface area (Å²) in [5.74, 6) is 1.61. The number of carboxylic acids is 1. The van der Waals surface area contributed by atoms with Gasteiger partial charge in [0.1, 0.15) is 6.29 Å². The molecule has 3 aliphatic rings. The first-order chi connectivity index (χ1) is 13.3. The van der Waals surface area contributed by atoms with E-state index in [-0.39, 0.29) is 23.4 Å². The normalized spacial score (nSPS) is 45.3. The van der Waals surface area contributed by atoms with Gasteiger partial charge < -0.3 is 15.0 Å². The van der Waals surface area contributed by atoms with Crippen LogP contribution in [0.3, 0.4) is 0 Å². The molecule has 4 nitrogen and oxygen atoms in total. The molecule has 8 unspecified atom stereocenters. The van der Waals surface area contributed by atoms with Crippen molar-refractivity contribution in [3.8, 4) is 0 Å². The zero-order valence-electron chi connectivity index (χ0n) is 18.0. The van der Waals surface area contributed by atoms with Crippen molar-refractivity contribution in [2.45, 2.75) is 97.5 Å². The molecule has 0 aromatic heterocycles. The summed E-state index contributed by atoms with van der Waals surface area (Å²) in [6, 6.07) is 0. The number of fused-ring (bicyclic) bond motifs is 3. The molecule has 0 radical (unpaired) electrons. The molecule has 4 heteroatoms. The molecule has 3 fully saturated rings. The minimum Gasteiger partial charge on any atom is -0.481 e. The molecule has 3 saturated carbocycles. The molecular weight excluding hydrogens is 352 g/mol. The Bertz CT molecular complexity index is 575. The maximum absolute atomic E-state index is 11.3. The van der Waals surface area contributed by atoms with E-state index in [1.165, 1.54) is 19.3 Å². The molecule has 0 aromatic rings. The van der Waals surface area contributed by atoms with Crippen LogP contribution >= 0.6 is 0 Å². The fourth-order valence-electron chi connectivity index (χ4n) is 8.01. The van der Waals surface area contributed by atoms with Gasteiger partial charge in [0.2, 0.25) is 0 Å². The van der Waals surface area contributed by atoms with E-state index >= 15 is 0 Å². The van der Waals surface area contributed by atoms with Crippen molar-refractivity contribution in [3.05, 3.63) is 0 Å². The van der Waals surface area contributed by atoms with Crippen LogP contribution in [0.5, 0.6) is 0 Å². The third-order valence-electron chi connectivity index (χ3n) is 9.39. The number of carboxylic acid groups (broad SMARTS) is 1. The van der Waals surface area contributed by atoms with Crippen LogP contribution in [0.2, 0.25) is 0 Å². The number of aliphatic carboxylic acids is 1. The Kier molecular flexibility index (Phi) is 6.58. The highest BCUT2D eigenvalue weighted by molar-refractivity contribution is 5.66. The molecule has 0 aromatic carbocycles. The number of hydrogen-bond acceptors (Lipinski definition) is 3. The van der Waals surface area contributed by atoms with E-state index in [1.54, 1.807) is 0 Å². The predicted molar refractivity (Wildman–Crippen MR) is 110 cm³/mol. The second-order valence-corrected chi connectivity index (χ2v) is 10.6. The van der Waals surface area contributed by atoms with Gasteiger partial charge >= 0.3 is 5.97 Å². The van der Waals surface area contributed by atoms with Crippen molar-refractivity contribution in [2.75, 3.05) is 0 Å². The van der Waals surface area contributed by atoms with Crippen molar-refractivity contribution in [1.29, 1.82) is 0 Å². The standard InChI is InChI=1S/C24H40O4/c1-4-12-23(2)17(11-14-25)15-20(26)22-18-9-8-16(6-5-7-21(27)28)24(18,3)13-10-19(22)23/h14,16-20,22,26H,4-13,15H2,1-3H3,(H,27,28). The van der Waals surface area contributed by atoms with Crippen LogP contribution in [-0.2, 0) is 9.59 Å². The van der Waals surface area contributed by atoms with Crippen LogP contribution in [0, 0.1) is 40.4 Å². The van der Waals surface area contributed by atoms with Crippen molar-refractivity contribution in [1.82, 2.24) is 0 Å². The molecule has 8 atom stereocenters. The van der Waals surface area contributed by atoms with Gasteiger partial charge in [0.15, 0.2) is 0 Å². The molecule has 3 rings (SSSR count). The van der Waals surface area contributed by atoms with Gasteiger partial charge in [0.05, 0.1) is 6.10 Å². The second-order valence-electron chi connectivity index (χ2n) is 10.6. The molecular formula is C24H40O4. The van der Waals surface area contributed by atoms with Gasteiger partial charge in [-0.3, -0.25) is 4.79 Å². The molecule has 28 heavy (non-hydrogen) atoms. The third-order valence-corrected chi connectivity index (χ3v) is 9.39. The Morgan fingerprint density at radius 1 is 1.14 bits per heavy atom. The van der Waals surface area contributed by atoms with E-state index in [0.29, 0.717) is 36.0 Å². The number of carbonyl (C=O) groups is 2. The highest BCUT2D eigenvalue weighted by Crippen LogP contribution is 2.67. The monoisotopic (exact) mass is 392 g/mol. The highest BCUT2D eigenvalue weighted by Gasteiger charge is 2.61. The Morgan fingerprint density at radius 2 is 1.89 bits per heavy atom. The molecule has 0 saturated heterocycles. The van der Waals surface area contributed by atoms with E-state index in [1.807, 2.05) is 0 Å². The van der Waals surface area contributed by atoms with Gasteiger partial charge in [-0.15, -0.1) is 0 Å². The maximum Gasteiger partial charge on any atom is 0.303 e. The smallest absolute Gasteiger partial charge is 0.303 e. The van der Waals surface area contributed by atoms with Crippen LogP contribution < -0.4 is 0 Å². The average Bonchev–Trinajstić information content (AvgIpc) is 2.96. The third kappa shape index (κ3) is 3.66. The molecule has 0 heterocycles. The van der Waals surface area contributed by atoms with Crippen LogP contribution in [0.1, 0.15) is 91.4 Å². The largest absolute Gasteiger partial charge is 0.481 e. The maximum atomic E-state index is 11.3. The lowest BCUT2D eigenvalue weighted by atomic mass is 9.45. The van der Waals surface area contributed by atoms with E-state index < -0.39 is 5.97 Å². The SMILES string of the molecule is CCCC1(C)C(CC=O)CC(O)C2C3CCC(CCCC(=O)O)C3(C)CCC21. The molecule has 160 valence electrons. The number of hydrogen-bond donors (Lipinski definition) is 2. The van der Waals surface area contributed by atoms with E-state index in [4.69, 9.17) is 5.11 Å². The minimum atomic E-state index is -0.692. The Balaban J connectivity index is 1.81. The van der Waals surface area contributed by atoms with Crippen molar-refractivity contribution < 1.29 is 19.8 Å². The lowest BCUT2D eigenvalue weighted by Crippen LogP contribution is -2.57. The molecule has 0 bridgehead atoms. The lowest BCUT2D eigenvalue weighted by Gasteiger charge is -2.60. The summed E-state index contributed by atoms with van der Waals surface area (Å²) in [7, 11) is 0. The number of aliphatic hydroxyl groups is 1. The Hall–Kier alpha value is -0.900. The summed E-state index contributed by atoms with van der Waals surface area (Å²) in [6.45, 7) is 7.06. The number of carbonyl (C=O) groups excluding carboxylic acids is 1. The van der Waals surface area contributed by atoms with Gasteiger partial charge in [0, 0.05) is 12.8 Å². The number of rotatable bonds is 8. The van der Waals surface area contributed by atoms with Crippen LogP contribution in [0.15, 0.2) is 0 Å². The average molecular weight is 393 g/mol. The predicted octanol–water partition coefficient (Wildman–Crippen LogP) is 5.08. The summed E-state index contributed by atoms with van der Waals surface area (Å²) in [5.41, 5.74) is 0.396. The van der Waals surface area contributed by atoms with E-state index in [9.17, 15) is 14.7 Å². The first kappa shape index (κ1) is 21.8. The molecule has 2 N–H and O–H groups in total. The van der Waals surface area contributed by atoms with Crippen LogP contribution in [0.25, 0.3) is 0 Å². The quantitative estimate of drug-likeness (QED) is 0.565. The fourth-order valence-corrected chi connectivity index (χ4v) is 8.01. The van der Waals surface area contributed by atoms with Crippen molar-refractivity contribution in [2.24, 2.45) is 40.4 Å². The zero-order valence-corrected chi connectivity index (χ0v) is 18.0. The summed E-state index contributed by atoms with van der Waals surface area (Å²) in [5, 5.41) is 20.2. The summed E-state index contributed by atoms with van der Waals surface area (Å²) >= 11 is 0. The van der Waals surface area contributed by atoms with Gasteiger partial charge in [-0.1, -0.05) is 27.2 Å². The summed E-state index contributed by atoms with van der Waals surface area (Å²) in [4.78, 5) is 22.3. The number of aliphatic hydroxyl groups excluding tert-OH is 1. The highest BCUT2D eigenvalue weighted by atomic mass is 16.4. The topological polar surface area (TPSA) is 74.6 Å². The first-order valence-electron chi connectivity index (χ1n) is 11.6. The van der Waals surface area contributed by atoms with Crippen molar-refractivity contribution in [3.63, 3.8) is 0 Å². The molecule has 3 aliphatic carbocycles. The van der Waals surface area contributed by atoms with Gasteiger partial charge in [-0.2, -0.15) is 0 Å². The minimum absolute atomic E-state index is 0.155. The Morgan fingerprint density at radius 3 is 2.54 bits per heavy atom. The Labute approximate surface area is 170 Å². The lowest BCUT2D eigenvalue weighted by molar-refractivity contribution is -0.157. The van der Waals surface area contributed by atoms with Crippen LogP contribution in [0.4, 0.5) is 0 Å². The van der Waals surface area contributed by atoms with Gasteiger partial charge in [-0.25, -0.2) is 0 Å². The molecule has 0 aliphatic heterocycles.